The van der Waals surface area contributed by atoms with Gasteiger partial charge in [-0.05, 0) is 57.2 Å². The van der Waals surface area contributed by atoms with Crippen LogP contribution in [-0.4, -0.2) is 59.8 Å². The third-order valence-electron chi connectivity index (χ3n) is 5.62. The largest absolute Gasteiger partial charge is 0.394 e. The molecule has 2 heterocycles. The fraction of sp³-hybridized carbons (Fsp3) is 0.650. The molecule has 0 radical (unpaired) electrons. The van der Waals surface area contributed by atoms with Crippen molar-refractivity contribution in [3.63, 3.8) is 0 Å². The molecule has 2 N–H and O–H groups in total. The Labute approximate surface area is 151 Å². The van der Waals surface area contributed by atoms with Crippen LogP contribution in [0.2, 0.25) is 0 Å². The second-order valence-electron chi connectivity index (χ2n) is 7.56. The summed E-state index contributed by atoms with van der Waals surface area (Å²) in [5, 5.41) is 12.4. The second-order valence-corrected chi connectivity index (χ2v) is 7.56. The van der Waals surface area contributed by atoms with E-state index in [1.165, 1.54) is 11.1 Å². The molecule has 2 aliphatic heterocycles. The molecule has 5 nitrogen and oxygen atoms in total. The van der Waals surface area contributed by atoms with E-state index < -0.39 is 0 Å². The van der Waals surface area contributed by atoms with Gasteiger partial charge in [0.2, 0.25) is 0 Å². The Bertz CT molecular complexity index is 553. The SMILES string of the molecule is Cc1ccc(CN2CCC(CNC(=O)N3CCCC3CO)CC2)cc1. The van der Waals surface area contributed by atoms with Gasteiger partial charge in [-0.1, -0.05) is 29.8 Å². The maximum Gasteiger partial charge on any atom is 0.317 e. The standard InChI is InChI=1S/C20H31N3O2/c1-16-4-6-18(7-5-16)14-22-11-8-17(9-12-22)13-21-20(25)23-10-2-3-19(23)15-24/h4-7,17,19,24H,2-3,8-15H2,1H3,(H,21,25). The molecule has 138 valence electrons. The molecule has 1 atom stereocenters. The first-order valence-electron chi connectivity index (χ1n) is 9.59. The molecule has 2 aliphatic rings. The molecule has 0 saturated carbocycles. The Morgan fingerprint density at radius 3 is 2.56 bits per heavy atom. The number of hydrogen-bond acceptors (Lipinski definition) is 3. The van der Waals surface area contributed by atoms with E-state index in [1.54, 1.807) is 4.90 Å². The van der Waals surface area contributed by atoms with Gasteiger partial charge in [0, 0.05) is 19.6 Å². The van der Waals surface area contributed by atoms with Crippen molar-refractivity contribution in [2.45, 2.75) is 45.2 Å². The van der Waals surface area contributed by atoms with Gasteiger partial charge in [-0.25, -0.2) is 4.79 Å². The summed E-state index contributed by atoms with van der Waals surface area (Å²) in [5.41, 5.74) is 2.68. The van der Waals surface area contributed by atoms with E-state index in [2.05, 4.69) is 41.4 Å². The van der Waals surface area contributed by atoms with Crippen LogP contribution in [0.15, 0.2) is 24.3 Å². The van der Waals surface area contributed by atoms with Gasteiger partial charge in [-0.2, -0.15) is 0 Å². The number of urea groups is 1. The van der Waals surface area contributed by atoms with E-state index in [-0.39, 0.29) is 18.7 Å². The number of hydrogen-bond donors (Lipinski definition) is 2. The van der Waals surface area contributed by atoms with Gasteiger partial charge >= 0.3 is 6.03 Å². The molecule has 1 aromatic carbocycles. The molecule has 1 unspecified atom stereocenters. The molecule has 2 saturated heterocycles. The van der Waals surface area contributed by atoms with Crippen molar-refractivity contribution in [2.75, 3.05) is 32.8 Å². The van der Waals surface area contributed by atoms with Gasteiger partial charge in [0.05, 0.1) is 12.6 Å². The summed E-state index contributed by atoms with van der Waals surface area (Å²) in [6.07, 6.45) is 4.18. The number of carbonyl (C=O) groups is 1. The maximum atomic E-state index is 12.3. The van der Waals surface area contributed by atoms with Crippen molar-refractivity contribution in [1.29, 1.82) is 0 Å². The van der Waals surface area contributed by atoms with Gasteiger partial charge < -0.3 is 15.3 Å². The van der Waals surface area contributed by atoms with Crippen LogP contribution in [0, 0.1) is 12.8 Å². The van der Waals surface area contributed by atoms with Crippen molar-refractivity contribution >= 4 is 6.03 Å². The van der Waals surface area contributed by atoms with E-state index in [1.807, 2.05) is 0 Å². The summed E-state index contributed by atoms with van der Waals surface area (Å²) in [5.74, 6) is 0.563. The molecule has 2 fully saturated rings. The van der Waals surface area contributed by atoms with Crippen LogP contribution >= 0.6 is 0 Å². The zero-order chi connectivity index (χ0) is 17.6. The van der Waals surface area contributed by atoms with Crippen LogP contribution in [0.3, 0.4) is 0 Å². The first-order chi connectivity index (χ1) is 12.2. The van der Waals surface area contributed by atoms with E-state index in [0.29, 0.717) is 5.92 Å². The molecular formula is C20H31N3O2. The van der Waals surface area contributed by atoms with Crippen LogP contribution in [0.4, 0.5) is 4.79 Å². The molecule has 1 aromatic rings. The van der Waals surface area contributed by atoms with Crippen molar-refractivity contribution in [3.8, 4) is 0 Å². The number of aliphatic hydroxyl groups excluding tert-OH is 1. The van der Waals surface area contributed by atoms with E-state index >= 15 is 0 Å². The Morgan fingerprint density at radius 2 is 1.88 bits per heavy atom. The zero-order valence-electron chi connectivity index (χ0n) is 15.3. The summed E-state index contributed by atoms with van der Waals surface area (Å²) in [7, 11) is 0. The van der Waals surface area contributed by atoms with E-state index in [4.69, 9.17) is 0 Å². The number of aryl methyl sites for hydroxylation is 1. The number of amides is 2. The molecule has 5 heteroatoms. The monoisotopic (exact) mass is 345 g/mol. The van der Waals surface area contributed by atoms with Crippen LogP contribution in [0.1, 0.15) is 36.8 Å². The smallest absolute Gasteiger partial charge is 0.317 e. The van der Waals surface area contributed by atoms with Crippen LogP contribution in [0.25, 0.3) is 0 Å². The molecule has 3 rings (SSSR count). The number of piperidine rings is 1. The summed E-state index contributed by atoms with van der Waals surface area (Å²) < 4.78 is 0. The minimum absolute atomic E-state index is 0.00126. The minimum atomic E-state index is -0.00126. The van der Waals surface area contributed by atoms with Crippen molar-refractivity contribution in [3.05, 3.63) is 35.4 Å². The number of nitrogens with one attached hydrogen (secondary N) is 1. The molecule has 0 aliphatic carbocycles. The summed E-state index contributed by atoms with van der Waals surface area (Å²) in [4.78, 5) is 16.6. The predicted molar refractivity (Wildman–Crippen MR) is 99.4 cm³/mol. The van der Waals surface area contributed by atoms with Crippen molar-refractivity contribution < 1.29 is 9.90 Å². The fourth-order valence-electron chi connectivity index (χ4n) is 3.93. The normalized spacial score (nSPS) is 22.3. The highest BCUT2D eigenvalue weighted by molar-refractivity contribution is 5.74. The number of likely N-dealkylation sites (tertiary alicyclic amines) is 2. The second kappa shape index (κ2) is 8.68. The third-order valence-corrected chi connectivity index (χ3v) is 5.62. The maximum absolute atomic E-state index is 12.3. The average Bonchev–Trinajstić information content (AvgIpc) is 3.12. The molecule has 0 aromatic heterocycles. The highest BCUT2D eigenvalue weighted by Crippen LogP contribution is 2.20. The van der Waals surface area contributed by atoms with E-state index in [9.17, 15) is 9.90 Å². The van der Waals surface area contributed by atoms with Crippen LogP contribution < -0.4 is 5.32 Å². The minimum Gasteiger partial charge on any atom is -0.394 e. The summed E-state index contributed by atoms with van der Waals surface area (Å²) >= 11 is 0. The summed E-state index contributed by atoms with van der Waals surface area (Å²) in [6, 6.07) is 8.80. The quantitative estimate of drug-likeness (QED) is 0.861. The molecule has 0 spiro atoms. The Morgan fingerprint density at radius 1 is 1.16 bits per heavy atom. The van der Waals surface area contributed by atoms with E-state index in [0.717, 1.165) is 58.4 Å². The molecule has 25 heavy (non-hydrogen) atoms. The number of nitrogens with zero attached hydrogens (tertiary/aromatic N) is 2. The highest BCUT2D eigenvalue weighted by atomic mass is 16.3. The molecular weight excluding hydrogens is 314 g/mol. The van der Waals surface area contributed by atoms with Gasteiger partial charge in [0.1, 0.15) is 0 Å². The lowest BCUT2D eigenvalue weighted by molar-refractivity contribution is 0.149. The first kappa shape index (κ1) is 18.2. The average molecular weight is 345 g/mol. The highest BCUT2D eigenvalue weighted by Gasteiger charge is 2.28. The van der Waals surface area contributed by atoms with Gasteiger partial charge in [-0.15, -0.1) is 0 Å². The number of benzene rings is 1. The van der Waals surface area contributed by atoms with Gasteiger partial charge in [0.25, 0.3) is 0 Å². The lowest BCUT2D eigenvalue weighted by Crippen LogP contribution is -2.46. The molecule has 2 amide bonds. The topological polar surface area (TPSA) is 55.8 Å². The lowest BCUT2D eigenvalue weighted by atomic mass is 9.96. The fourth-order valence-corrected chi connectivity index (χ4v) is 3.93. The predicted octanol–water partition coefficient (Wildman–Crippen LogP) is 2.37. The van der Waals surface area contributed by atoms with Crippen molar-refractivity contribution in [2.24, 2.45) is 5.92 Å². The van der Waals surface area contributed by atoms with Gasteiger partial charge in [0.15, 0.2) is 0 Å². The Hall–Kier alpha value is -1.59. The zero-order valence-corrected chi connectivity index (χ0v) is 15.3. The molecule has 0 bridgehead atoms. The van der Waals surface area contributed by atoms with Crippen LogP contribution in [0.5, 0.6) is 0 Å². The van der Waals surface area contributed by atoms with Crippen molar-refractivity contribution in [1.82, 2.24) is 15.1 Å². The van der Waals surface area contributed by atoms with Gasteiger partial charge in [-0.3, -0.25) is 4.90 Å². The first-order valence-corrected chi connectivity index (χ1v) is 9.59. The van der Waals surface area contributed by atoms with Crippen LogP contribution in [-0.2, 0) is 6.54 Å². The third kappa shape index (κ3) is 4.95. The summed E-state index contributed by atoms with van der Waals surface area (Å²) in [6.45, 7) is 6.93. The number of carbonyl (C=O) groups excluding carboxylic acids is 1. The lowest BCUT2D eigenvalue weighted by Gasteiger charge is -2.32. The Balaban J connectivity index is 1.37. The Kier molecular flexibility index (Phi) is 6.32. The number of aliphatic hydroxyl groups is 1. The number of rotatable bonds is 5.